The van der Waals surface area contributed by atoms with Crippen molar-refractivity contribution in [3.05, 3.63) is 48.0 Å². The summed E-state index contributed by atoms with van der Waals surface area (Å²) < 4.78 is 0. The van der Waals surface area contributed by atoms with Crippen LogP contribution >= 0.6 is 0 Å². The van der Waals surface area contributed by atoms with E-state index in [1.807, 2.05) is 12.1 Å². The number of nitrogens with zero attached hydrogens (tertiary/aromatic N) is 1. The van der Waals surface area contributed by atoms with Crippen LogP contribution < -0.4 is 0 Å². The summed E-state index contributed by atoms with van der Waals surface area (Å²) in [5, 5.41) is 0. The minimum Gasteiger partial charge on any atom is -0.297 e. The number of aliphatic imine (C=N–C) groups is 1. The first-order valence-corrected chi connectivity index (χ1v) is 4.04. The predicted molar refractivity (Wildman–Crippen MR) is 53.7 cm³/mol. The van der Waals surface area contributed by atoms with Gasteiger partial charge in [-0.05, 0) is 18.1 Å². The molecule has 0 unspecified atom stereocenters. The highest BCUT2D eigenvalue weighted by molar-refractivity contribution is 5.70. The van der Waals surface area contributed by atoms with Crippen LogP contribution in [0.5, 0.6) is 0 Å². The molecule has 0 saturated carbocycles. The Morgan fingerprint density at radius 1 is 1.25 bits per heavy atom. The van der Waals surface area contributed by atoms with E-state index in [1.165, 1.54) is 5.56 Å². The molecule has 0 aliphatic rings. The molecule has 1 nitrogen and oxygen atoms in total. The Kier molecular flexibility index (Phi) is 3.86. The summed E-state index contributed by atoms with van der Waals surface area (Å²) in [5.74, 6) is 0. The number of hydrogen-bond acceptors (Lipinski definition) is 1. The van der Waals surface area contributed by atoms with Crippen LogP contribution in [0.2, 0.25) is 0 Å². The Hall–Kier alpha value is -1.37. The van der Waals surface area contributed by atoms with Crippen molar-refractivity contribution in [2.24, 2.45) is 4.99 Å². The van der Waals surface area contributed by atoms with Crippen molar-refractivity contribution in [1.82, 2.24) is 0 Å². The van der Waals surface area contributed by atoms with Crippen molar-refractivity contribution in [2.75, 3.05) is 7.05 Å². The van der Waals surface area contributed by atoms with E-state index >= 15 is 0 Å². The van der Waals surface area contributed by atoms with Crippen molar-refractivity contribution in [2.45, 2.75) is 6.42 Å². The molecule has 12 heavy (non-hydrogen) atoms. The van der Waals surface area contributed by atoms with Crippen molar-refractivity contribution in [1.29, 1.82) is 0 Å². The molecule has 1 heteroatoms. The van der Waals surface area contributed by atoms with Gasteiger partial charge >= 0.3 is 0 Å². The number of rotatable bonds is 3. The third kappa shape index (κ3) is 3.15. The van der Waals surface area contributed by atoms with Crippen LogP contribution in [0.25, 0.3) is 0 Å². The van der Waals surface area contributed by atoms with Gasteiger partial charge in [-0.15, -0.1) is 0 Å². The van der Waals surface area contributed by atoms with Crippen LogP contribution in [0.4, 0.5) is 0 Å². The molecule has 1 aromatic rings. The van der Waals surface area contributed by atoms with Gasteiger partial charge in [-0.25, -0.2) is 0 Å². The van der Waals surface area contributed by atoms with Gasteiger partial charge in [0.05, 0.1) is 0 Å². The van der Waals surface area contributed by atoms with E-state index in [1.54, 1.807) is 13.3 Å². The molecule has 0 bridgehead atoms. The molecule has 1 rings (SSSR count). The van der Waals surface area contributed by atoms with E-state index in [2.05, 4.69) is 35.3 Å². The molecule has 0 aromatic heterocycles. The summed E-state index contributed by atoms with van der Waals surface area (Å²) in [6.45, 7) is 0. The summed E-state index contributed by atoms with van der Waals surface area (Å²) in [6, 6.07) is 10.4. The van der Waals surface area contributed by atoms with Crippen LogP contribution in [0.1, 0.15) is 5.56 Å². The first-order valence-electron chi connectivity index (χ1n) is 4.04. The molecule has 0 heterocycles. The van der Waals surface area contributed by atoms with E-state index < -0.39 is 0 Å². The maximum Gasteiger partial charge on any atom is 0.0277 e. The Labute approximate surface area is 73.5 Å². The summed E-state index contributed by atoms with van der Waals surface area (Å²) in [7, 11) is 1.77. The quantitative estimate of drug-likeness (QED) is 0.601. The molecule has 0 aliphatic heterocycles. The van der Waals surface area contributed by atoms with Crippen LogP contribution in [0.3, 0.4) is 0 Å². The zero-order chi connectivity index (χ0) is 8.65. The van der Waals surface area contributed by atoms with Gasteiger partial charge in [-0.1, -0.05) is 36.4 Å². The van der Waals surface area contributed by atoms with E-state index in [9.17, 15) is 0 Å². The molecule has 0 spiro atoms. The van der Waals surface area contributed by atoms with E-state index in [0.29, 0.717) is 0 Å². The van der Waals surface area contributed by atoms with E-state index in [-0.39, 0.29) is 0 Å². The van der Waals surface area contributed by atoms with Crippen molar-refractivity contribution in [3.8, 4) is 0 Å². The zero-order valence-electron chi connectivity index (χ0n) is 7.27. The second kappa shape index (κ2) is 5.30. The topological polar surface area (TPSA) is 12.4 Å². The molecular weight excluding hydrogens is 146 g/mol. The normalized spacial score (nSPS) is 11.4. The number of benzene rings is 1. The fourth-order valence-electron chi connectivity index (χ4n) is 0.965. The minimum atomic E-state index is 0.979. The van der Waals surface area contributed by atoms with Crippen molar-refractivity contribution >= 4 is 6.21 Å². The third-order valence-corrected chi connectivity index (χ3v) is 1.57. The molecule has 62 valence electrons. The molecule has 0 fully saturated rings. The van der Waals surface area contributed by atoms with Gasteiger partial charge in [-0.3, -0.25) is 4.99 Å². The molecule has 0 radical (unpaired) electrons. The number of allylic oxidation sites excluding steroid dienone is 2. The molecule has 0 atom stereocenters. The monoisotopic (exact) mass is 159 g/mol. The van der Waals surface area contributed by atoms with Gasteiger partial charge < -0.3 is 0 Å². The first-order chi connectivity index (χ1) is 5.93. The highest BCUT2D eigenvalue weighted by atomic mass is 14.6. The lowest BCUT2D eigenvalue weighted by Crippen LogP contribution is -1.78. The summed E-state index contributed by atoms with van der Waals surface area (Å²) >= 11 is 0. The minimum absolute atomic E-state index is 0.979. The highest BCUT2D eigenvalue weighted by Crippen LogP contribution is 1.99. The lowest BCUT2D eigenvalue weighted by molar-refractivity contribution is 1.27. The molecule has 0 N–H and O–H groups in total. The first kappa shape index (κ1) is 8.72. The summed E-state index contributed by atoms with van der Waals surface area (Å²) in [6.07, 6.45) is 6.84. The van der Waals surface area contributed by atoms with Gasteiger partial charge in [0.1, 0.15) is 0 Å². The lowest BCUT2D eigenvalue weighted by Gasteiger charge is -1.92. The van der Waals surface area contributed by atoms with Crippen LogP contribution in [0.15, 0.2) is 47.5 Å². The van der Waals surface area contributed by atoms with E-state index in [0.717, 1.165) is 6.42 Å². The summed E-state index contributed by atoms with van der Waals surface area (Å²) in [5.41, 5.74) is 1.33. The maximum atomic E-state index is 3.86. The van der Waals surface area contributed by atoms with Crippen LogP contribution in [-0.4, -0.2) is 13.3 Å². The third-order valence-electron chi connectivity index (χ3n) is 1.57. The Balaban J connectivity index is 2.43. The SMILES string of the molecule is C/N=C\C=C/Cc1ccccc1. The Morgan fingerprint density at radius 2 is 2.00 bits per heavy atom. The van der Waals surface area contributed by atoms with E-state index in [4.69, 9.17) is 0 Å². The van der Waals surface area contributed by atoms with Gasteiger partial charge in [-0.2, -0.15) is 0 Å². The van der Waals surface area contributed by atoms with Gasteiger partial charge in [0.15, 0.2) is 0 Å². The maximum absolute atomic E-state index is 3.86. The Morgan fingerprint density at radius 3 is 2.67 bits per heavy atom. The average molecular weight is 159 g/mol. The molecule has 0 aliphatic carbocycles. The van der Waals surface area contributed by atoms with Crippen LogP contribution in [-0.2, 0) is 6.42 Å². The smallest absolute Gasteiger partial charge is 0.0277 e. The fourth-order valence-corrected chi connectivity index (χ4v) is 0.965. The van der Waals surface area contributed by atoms with Gasteiger partial charge in [0, 0.05) is 13.3 Å². The zero-order valence-corrected chi connectivity index (χ0v) is 7.27. The van der Waals surface area contributed by atoms with Gasteiger partial charge in [0.25, 0.3) is 0 Å². The largest absolute Gasteiger partial charge is 0.297 e. The predicted octanol–water partition coefficient (Wildman–Crippen LogP) is 2.49. The molecule has 0 amide bonds. The average Bonchev–Trinajstić information content (AvgIpc) is 2.14. The summed E-state index contributed by atoms with van der Waals surface area (Å²) in [4.78, 5) is 3.86. The van der Waals surface area contributed by atoms with Crippen LogP contribution in [0, 0.1) is 0 Å². The molecular formula is C11H13N. The Bertz CT molecular complexity index is 260. The number of hydrogen-bond donors (Lipinski definition) is 0. The van der Waals surface area contributed by atoms with Crippen molar-refractivity contribution in [3.63, 3.8) is 0 Å². The second-order valence-electron chi connectivity index (χ2n) is 2.53. The second-order valence-corrected chi connectivity index (χ2v) is 2.53. The fraction of sp³-hybridized carbons (Fsp3) is 0.182. The molecule has 1 aromatic carbocycles. The highest BCUT2D eigenvalue weighted by Gasteiger charge is 1.83. The van der Waals surface area contributed by atoms with Crippen molar-refractivity contribution < 1.29 is 0 Å². The lowest BCUT2D eigenvalue weighted by atomic mass is 10.1. The molecule has 0 saturated heterocycles. The standard InChI is InChI=1S/C11H13N/c1-12-10-6-5-9-11-7-3-2-4-8-11/h2-8,10H,9H2,1H3/b6-5-,12-10-. The van der Waals surface area contributed by atoms with Gasteiger partial charge in [0.2, 0.25) is 0 Å².